The van der Waals surface area contributed by atoms with Crippen molar-refractivity contribution in [2.45, 2.75) is 52.1 Å². The van der Waals surface area contributed by atoms with Gasteiger partial charge < -0.3 is 10.2 Å². The first-order chi connectivity index (χ1) is 8.65. The molecule has 0 aromatic carbocycles. The van der Waals surface area contributed by atoms with Crippen molar-refractivity contribution in [3.05, 3.63) is 11.1 Å². The fraction of sp³-hybridized carbons (Fsp3) is 0.786. The Morgan fingerprint density at radius 1 is 1.44 bits per heavy atom. The maximum atomic E-state index is 4.54. The van der Waals surface area contributed by atoms with Crippen LogP contribution in [0.15, 0.2) is 6.20 Å². The summed E-state index contributed by atoms with van der Waals surface area (Å²) in [6, 6.07) is 0.534. The first-order valence-corrected chi connectivity index (χ1v) is 7.86. The van der Waals surface area contributed by atoms with Gasteiger partial charge in [0, 0.05) is 37.3 Å². The highest BCUT2D eigenvalue weighted by Gasteiger charge is 2.18. The molecule has 1 aliphatic rings. The average Bonchev–Trinajstić information content (AvgIpc) is 2.96. The minimum Gasteiger partial charge on any atom is -0.351 e. The molecule has 0 bridgehead atoms. The van der Waals surface area contributed by atoms with E-state index in [1.54, 1.807) is 0 Å². The van der Waals surface area contributed by atoms with Crippen LogP contribution in [-0.4, -0.2) is 24.6 Å². The van der Waals surface area contributed by atoms with Gasteiger partial charge in [-0.05, 0) is 18.8 Å². The summed E-state index contributed by atoms with van der Waals surface area (Å²) < 4.78 is 0. The number of nitrogens with zero attached hydrogens (tertiary/aromatic N) is 2. The van der Waals surface area contributed by atoms with E-state index in [4.69, 9.17) is 0 Å². The third kappa shape index (κ3) is 3.95. The fourth-order valence-corrected chi connectivity index (χ4v) is 3.35. The minimum absolute atomic E-state index is 0.534. The van der Waals surface area contributed by atoms with Crippen LogP contribution < -0.4 is 10.2 Å². The molecule has 1 heterocycles. The zero-order valence-electron chi connectivity index (χ0n) is 11.8. The van der Waals surface area contributed by atoms with Crippen molar-refractivity contribution in [2.75, 3.05) is 18.5 Å². The molecule has 1 aromatic rings. The molecular weight excluding hydrogens is 242 g/mol. The first kappa shape index (κ1) is 13.8. The van der Waals surface area contributed by atoms with Crippen LogP contribution in [0, 0.1) is 5.92 Å². The minimum atomic E-state index is 0.534. The lowest BCUT2D eigenvalue weighted by Gasteiger charge is -2.19. The monoisotopic (exact) mass is 267 g/mol. The zero-order valence-corrected chi connectivity index (χ0v) is 12.6. The van der Waals surface area contributed by atoms with Crippen molar-refractivity contribution in [1.82, 2.24) is 10.3 Å². The van der Waals surface area contributed by atoms with Crippen molar-refractivity contribution in [3.8, 4) is 0 Å². The summed E-state index contributed by atoms with van der Waals surface area (Å²) in [4.78, 5) is 8.20. The largest absolute Gasteiger partial charge is 0.351 e. The number of thiazole rings is 1. The van der Waals surface area contributed by atoms with E-state index < -0.39 is 0 Å². The number of nitrogens with one attached hydrogen (secondary N) is 1. The van der Waals surface area contributed by atoms with E-state index in [1.165, 1.54) is 42.2 Å². The van der Waals surface area contributed by atoms with Crippen molar-refractivity contribution in [1.29, 1.82) is 0 Å². The zero-order chi connectivity index (χ0) is 13.0. The Kier molecular flexibility index (Phi) is 5.01. The van der Waals surface area contributed by atoms with Crippen LogP contribution in [0.4, 0.5) is 5.13 Å². The second-order valence-corrected chi connectivity index (χ2v) is 6.77. The van der Waals surface area contributed by atoms with Gasteiger partial charge in [-0.2, -0.15) is 0 Å². The summed E-state index contributed by atoms with van der Waals surface area (Å²) in [6.07, 6.45) is 7.65. The quantitative estimate of drug-likeness (QED) is 0.857. The van der Waals surface area contributed by atoms with Crippen molar-refractivity contribution < 1.29 is 0 Å². The molecule has 4 heteroatoms. The molecule has 1 aromatic heterocycles. The molecule has 18 heavy (non-hydrogen) atoms. The fourth-order valence-electron chi connectivity index (χ4n) is 2.52. The van der Waals surface area contributed by atoms with Gasteiger partial charge in [-0.1, -0.05) is 26.7 Å². The summed E-state index contributed by atoms with van der Waals surface area (Å²) in [5.74, 6) is 0.885. The van der Waals surface area contributed by atoms with Gasteiger partial charge in [0.05, 0.1) is 0 Å². The van der Waals surface area contributed by atoms with Crippen LogP contribution in [0.2, 0.25) is 0 Å². The number of hydrogen-bond donors (Lipinski definition) is 1. The molecular formula is C14H25N3S. The Bertz CT molecular complexity index is 356. The smallest absolute Gasteiger partial charge is 0.185 e. The van der Waals surface area contributed by atoms with Gasteiger partial charge in [0.1, 0.15) is 0 Å². The number of anilines is 1. The highest BCUT2D eigenvalue weighted by Crippen LogP contribution is 2.28. The van der Waals surface area contributed by atoms with Crippen LogP contribution in [0.25, 0.3) is 0 Å². The number of aromatic nitrogens is 1. The second kappa shape index (κ2) is 6.53. The molecule has 1 aliphatic carbocycles. The summed E-state index contributed by atoms with van der Waals surface area (Å²) in [6.45, 7) is 6.46. The van der Waals surface area contributed by atoms with Crippen LogP contribution in [0.5, 0.6) is 0 Å². The molecule has 102 valence electrons. The van der Waals surface area contributed by atoms with E-state index in [0.29, 0.717) is 6.04 Å². The summed E-state index contributed by atoms with van der Waals surface area (Å²) in [5, 5.41) is 4.61. The molecule has 0 saturated heterocycles. The average molecular weight is 267 g/mol. The standard InChI is InChI=1S/C14H25N3S/c1-11(2)15-8-13-9-16-14(18-13)17(3)10-12-6-4-5-7-12/h9,11-12,15H,4-8,10H2,1-3H3. The van der Waals surface area contributed by atoms with Crippen LogP contribution in [-0.2, 0) is 6.54 Å². The van der Waals surface area contributed by atoms with E-state index in [2.05, 4.69) is 36.1 Å². The maximum absolute atomic E-state index is 4.54. The lowest BCUT2D eigenvalue weighted by molar-refractivity contribution is 0.546. The summed E-state index contributed by atoms with van der Waals surface area (Å²) in [7, 11) is 2.18. The van der Waals surface area contributed by atoms with Gasteiger partial charge in [0.2, 0.25) is 0 Å². The first-order valence-electron chi connectivity index (χ1n) is 7.04. The topological polar surface area (TPSA) is 28.2 Å². The van der Waals surface area contributed by atoms with E-state index in [1.807, 2.05) is 17.5 Å². The molecule has 3 nitrogen and oxygen atoms in total. The second-order valence-electron chi connectivity index (χ2n) is 5.68. The molecule has 2 rings (SSSR count). The van der Waals surface area contributed by atoms with Gasteiger partial charge in [0.15, 0.2) is 5.13 Å². The van der Waals surface area contributed by atoms with Gasteiger partial charge in [0.25, 0.3) is 0 Å². The molecule has 0 atom stereocenters. The molecule has 0 radical (unpaired) electrons. The molecule has 0 aliphatic heterocycles. The van der Waals surface area contributed by atoms with E-state index in [0.717, 1.165) is 12.5 Å². The maximum Gasteiger partial charge on any atom is 0.185 e. The van der Waals surface area contributed by atoms with Crippen LogP contribution in [0.1, 0.15) is 44.4 Å². The predicted molar refractivity (Wildman–Crippen MR) is 79.3 cm³/mol. The van der Waals surface area contributed by atoms with Gasteiger partial charge in [-0.25, -0.2) is 4.98 Å². The molecule has 0 spiro atoms. The van der Waals surface area contributed by atoms with Crippen LogP contribution >= 0.6 is 11.3 Å². The lowest BCUT2D eigenvalue weighted by atomic mass is 10.1. The third-order valence-corrected chi connectivity index (χ3v) is 4.67. The summed E-state index contributed by atoms with van der Waals surface area (Å²) in [5.41, 5.74) is 0. The Labute approximate surface area is 115 Å². The SMILES string of the molecule is CC(C)NCc1cnc(N(C)CC2CCCC2)s1. The third-order valence-electron chi connectivity index (χ3n) is 3.56. The molecule has 1 fully saturated rings. The number of hydrogen-bond acceptors (Lipinski definition) is 4. The van der Waals surface area contributed by atoms with Gasteiger partial charge in [-0.15, -0.1) is 11.3 Å². The molecule has 0 unspecified atom stereocenters. The van der Waals surface area contributed by atoms with Crippen molar-refractivity contribution in [2.24, 2.45) is 5.92 Å². The lowest BCUT2D eigenvalue weighted by Crippen LogP contribution is -2.23. The van der Waals surface area contributed by atoms with Crippen molar-refractivity contribution in [3.63, 3.8) is 0 Å². The van der Waals surface area contributed by atoms with Gasteiger partial charge in [-0.3, -0.25) is 0 Å². The normalized spacial score (nSPS) is 16.7. The van der Waals surface area contributed by atoms with E-state index >= 15 is 0 Å². The highest BCUT2D eigenvalue weighted by molar-refractivity contribution is 7.15. The van der Waals surface area contributed by atoms with E-state index in [-0.39, 0.29) is 0 Å². The summed E-state index contributed by atoms with van der Waals surface area (Å²) >= 11 is 1.82. The predicted octanol–water partition coefficient (Wildman–Crippen LogP) is 3.27. The molecule has 1 N–H and O–H groups in total. The Morgan fingerprint density at radius 3 is 2.83 bits per heavy atom. The van der Waals surface area contributed by atoms with Gasteiger partial charge >= 0.3 is 0 Å². The molecule has 1 saturated carbocycles. The molecule has 0 amide bonds. The Morgan fingerprint density at radius 2 is 2.17 bits per heavy atom. The van der Waals surface area contributed by atoms with E-state index in [9.17, 15) is 0 Å². The Hall–Kier alpha value is -0.610. The number of rotatable bonds is 6. The highest BCUT2D eigenvalue weighted by atomic mass is 32.1. The Balaban J connectivity index is 1.84. The van der Waals surface area contributed by atoms with Crippen LogP contribution in [0.3, 0.4) is 0 Å². The van der Waals surface area contributed by atoms with Crippen molar-refractivity contribution >= 4 is 16.5 Å².